The molecule has 0 bridgehead atoms. The Bertz CT molecular complexity index is 290. The second-order valence-corrected chi connectivity index (χ2v) is 2.87. The largest absolute Gasteiger partial charge is 0.325 e. The molecule has 1 aromatic rings. The van der Waals surface area contributed by atoms with Crippen LogP contribution in [0.2, 0.25) is 0 Å². The molecule has 0 heterocycles. The molecule has 0 aliphatic carbocycles. The molecule has 0 N–H and O–H groups in total. The zero-order valence-corrected chi connectivity index (χ0v) is 9.16. The summed E-state index contributed by atoms with van der Waals surface area (Å²) in [5, 5.41) is 10.8. The standard InChI is InChI=1S/C6H6NO3P.2ClH/c8-7(9)5-1-3-6(11-10)4-2-5;;/h1-4H,11H2;2*1H. The van der Waals surface area contributed by atoms with Crippen molar-refractivity contribution in [1.82, 2.24) is 0 Å². The van der Waals surface area contributed by atoms with Gasteiger partial charge in [0.25, 0.3) is 5.69 Å². The number of hydrogen-bond donors (Lipinski definition) is 0. The second kappa shape index (κ2) is 6.89. The maximum atomic E-state index is 10.3. The van der Waals surface area contributed by atoms with E-state index in [1.165, 1.54) is 24.3 Å². The van der Waals surface area contributed by atoms with Crippen LogP contribution in [0.25, 0.3) is 0 Å². The lowest BCUT2D eigenvalue weighted by Gasteiger charge is -1.89. The summed E-state index contributed by atoms with van der Waals surface area (Å²) in [4.78, 5) is 9.65. The Balaban J connectivity index is 0. The molecule has 0 aliphatic heterocycles. The minimum Gasteiger partial charge on any atom is -0.325 e. The van der Waals surface area contributed by atoms with Gasteiger partial charge in [-0.15, -0.1) is 24.8 Å². The van der Waals surface area contributed by atoms with Gasteiger partial charge >= 0.3 is 0 Å². The highest BCUT2D eigenvalue weighted by Gasteiger charge is 2.01. The summed E-state index contributed by atoms with van der Waals surface area (Å²) in [6.07, 6.45) is 0. The van der Waals surface area contributed by atoms with Crippen LogP contribution >= 0.6 is 33.3 Å². The first-order valence-electron chi connectivity index (χ1n) is 2.93. The van der Waals surface area contributed by atoms with Crippen molar-refractivity contribution in [2.24, 2.45) is 0 Å². The van der Waals surface area contributed by atoms with Crippen LogP contribution in [0.3, 0.4) is 0 Å². The fourth-order valence-electron chi connectivity index (χ4n) is 0.675. The van der Waals surface area contributed by atoms with Gasteiger partial charge in [0.05, 0.1) is 13.4 Å². The van der Waals surface area contributed by atoms with E-state index in [0.29, 0.717) is 5.30 Å². The van der Waals surface area contributed by atoms with Crippen LogP contribution < -0.4 is 5.30 Å². The van der Waals surface area contributed by atoms with Gasteiger partial charge < -0.3 is 4.57 Å². The van der Waals surface area contributed by atoms with E-state index in [1.807, 2.05) is 0 Å². The molecule has 13 heavy (non-hydrogen) atoms. The molecular weight excluding hydrogens is 236 g/mol. The third kappa shape index (κ3) is 4.27. The topological polar surface area (TPSA) is 60.2 Å². The molecular formula is C6H8Cl2NO3P. The predicted molar refractivity (Wildman–Crippen MR) is 57.6 cm³/mol. The molecule has 0 spiro atoms. The molecule has 1 unspecified atom stereocenters. The lowest BCUT2D eigenvalue weighted by atomic mass is 10.3. The molecule has 7 heteroatoms. The zero-order chi connectivity index (χ0) is 8.27. The number of nitrogens with zero attached hydrogens (tertiary/aromatic N) is 1. The molecule has 1 rings (SSSR count). The van der Waals surface area contributed by atoms with Crippen LogP contribution in [0.1, 0.15) is 0 Å². The fourth-order valence-corrected chi connectivity index (χ4v) is 1.02. The maximum Gasteiger partial charge on any atom is 0.269 e. The molecule has 0 radical (unpaired) electrons. The third-order valence-corrected chi connectivity index (χ3v) is 1.90. The predicted octanol–water partition coefficient (Wildman–Crippen LogP) is 1.82. The van der Waals surface area contributed by atoms with E-state index in [9.17, 15) is 14.7 Å². The van der Waals surface area contributed by atoms with Crippen LogP contribution in [0.15, 0.2) is 24.3 Å². The summed E-state index contributed by atoms with van der Waals surface area (Å²) < 4.78 is 10.3. The van der Waals surface area contributed by atoms with Crippen molar-refractivity contribution in [2.45, 2.75) is 0 Å². The fraction of sp³-hybridized carbons (Fsp3) is 0. The molecule has 0 aliphatic rings. The summed E-state index contributed by atoms with van der Waals surface area (Å²) in [7, 11) is -0.987. The van der Waals surface area contributed by atoms with Gasteiger partial charge in [0.15, 0.2) is 0 Å². The van der Waals surface area contributed by atoms with E-state index in [2.05, 4.69) is 0 Å². The highest BCUT2D eigenvalue weighted by Crippen LogP contribution is 2.08. The Hall–Kier alpha value is -0.570. The number of hydrogen-bond acceptors (Lipinski definition) is 3. The smallest absolute Gasteiger partial charge is 0.269 e. The SMILES string of the molecule is Cl.Cl.O=[PH2]c1ccc([N+](=O)[O-])cc1. The summed E-state index contributed by atoms with van der Waals surface area (Å²) in [6, 6.07) is 5.70. The van der Waals surface area contributed by atoms with Crippen molar-refractivity contribution >= 4 is 44.3 Å². The highest BCUT2D eigenvalue weighted by atomic mass is 35.5. The van der Waals surface area contributed by atoms with Crippen molar-refractivity contribution < 1.29 is 9.49 Å². The van der Waals surface area contributed by atoms with Gasteiger partial charge in [-0.3, -0.25) is 10.1 Å². The molecule has 0 aromatic heterocycles. The number of halogens is 2. The van der Waals surface area contributed by atoms with E-state index in [0.717, 1.165) is 0 Å². The number of nitro groups is 1. The van der Waals surface area contributed by atoms with Crippen molar-refractivity contribution in [2.75, 3.05) is 0 Å². The number of nitro benzene ring substituents is 1. The van der Waals surface area contributed by atoms with Crippen LogP contribution in [0.4, 0.5) is 5.69 Å². The van der Waals surface area contributed by atoms with Gasteiger partial charge in [-0.1, -0.05) is 0 Å². The summed E-state index contributed by atoms with van der Waals surface area (Å²) in [6.45, 7) is 0. The average molecular weight is 244 g/mol. The van der Waals surface area contributed by atoms with Crippen LogP contribution in [-0.4, -0.2) is 4.92 Å². The van der Waals surface area contributed by atoms with E-state index in [1.54, 1.807) is 0 Å². The van der Waals surface area contributed by atoms with Gasteiger partial charge in [-0.25, -0.2) is 0 Å². The van der Waals surface area contributed by atoms with Crippen LogP contribution in [-0.2, 0) is 4.57 Å². The minimum atomic E-state index is -0.987. The zero-order valence-electron chi connectivity index (χ0n) is 6.38. The van der Waals surface area contributed by atoms with E-state index in [-0.39, 0.29) is 30.5 Å². The molecule has 74 valence electrons. The average Bonchev–Trinajstić information content (AvgIpc) is 2.05. The lowest BCUT2D eigenvalue weighted by Crippen LogP contribution is -1.92. The molecule has 0 amide bonds. The summed E-state index contributed by atoms with van der Waals surface area (Å²) in [5.74, 6) is 0. The van der Waals surface area contributed by atoms with Crippen molar-refractivity contribution in [3.8, 4) is 0 Å². The Labute approximate surface area is 88.5 Å². The Morgan fingerprint density at radius 1 is 1.15 bits per heavy atom. The molecule has 0 fully saturated rings. The van der Waals surface area contributed by atoms with Crippen molar-refractivity contribution in [3.05, 3.63) is 34.4 Å². The highest BCUT2D eigenvalue weighted by molar-refractivity contribution is 7.34. The molecule has 1 atom stereocenters. The van der Waals surface area contributed by atoms with Crippen molar-refractivity contribution in [3.63, 3.8) is 0 Å². The van der Waals surface area contributed by atoms with Gasteiger partial charge in [0.2, 0.25) is 0 Å². The Morgan fingerprint density at radius 3 is 1.92 bits per heavy atom. The molecule has 1 aromatic carbocycles. The van der Waals surface area contributed by atoms with E-state index >= 15 is 0 Å². The molecule has 4 nitrogen and oxygen atoms in total. The third-order valence-electron chi connectivity index (χ3n) is 1.24. The van der Waals surface area contributed by atoms with Crippen LogP contribution in [0, 0.1) is 10.1 Å². The van der Waals surface area contributed by atoms with E-state index in [4.69, 9.17) is 0 Å². The van der Waals surface area contributed by atoms with Gasteiger partial charge in [0, 0.05) is 17.4 Å². The minimum absolute atomic E-state index is 0. The summed E-state index contributed by atoms with van der Waals surface area (Å²) >= 11 is 0. The number of benzene rings is 1. The van der Waals surface area contributed by atoms with Crippen LogP contribution in [0.5, 0.6) is 0 Å². The normalized spacial score (nSPS) is 8.92. The van der Waals surface area contributed by atoms with E-state index < -0.39 is 13.4 Å². The first-order valence-corrected chi connectivity index (χ1v) is 3.98. The van der Waals surface area contributed by atoms with Gasteiger partial charge in [-0.05, 0) is 12.1 Å². The first-order chi connectivity index (χ1) is 5.24. The first kappa shape index (κ1) is 14.9. The summed E-state index contributed by atoms with van der Waals surface area (Å²) in [5.41, 5.74) is 0.0293. The molecule has 0 saturated carbocycles. The Kier molecular flexibility index (Phi) is 7.92. The van der Waals surface area contributed by atoms with Gasteiger partial charge in [0.1, 0.15) is 0 Å². The maximum absolute atomic E-state index is 10.3. The number of rotatable bonds is 2. The van der Waals surface area contributed by atoms with Crippen molar-refractivity contribution in [1.29, 1.82) is 0 Å². The second-order valence-electron chi connectivity index (χ2n) is 1.97. The monoisotopic (exact) mass is 243 g/mol. The lowest BCUT2D eigenvalue weighted by molar-refractivity contribution is -0.384. The number of non-ortho nitro benzene ring substituents is 1. The van der Waals surface area contributed by atoms with Gasteiger partial charge in [-0.2, -0.15) is 0 Å². The quantitative estimate of drug-likeness (QED) is 0.452. The molecule has 0 saturated heterocycles. The Morgan fingerprint density at radius 2 is 1.62 bits per heavy atom.